The molecule has 0 spiro atoms. The Morgan fingerprint density at radius 3 is 2.07 bits per heavy atom. The summed E-state index contributed by atoms with van der Waals surface area (Å²) >= 11 is 0. The lowest BCUT2D eigenvalue weighted by atomic mass is 9.75. The van der Waals surface area contributed by atoms with Crippen LogP contribution in [0, 0.1) is 5.41 Å². The molecule has 2 nitrogen and oxygen atoms in total. The molecule has 0 aliphatic carbocycles. The minimum absolute atomic E-state index is 0.0239. The molecule has 0 radical (unpaired) electrons. The van der Waals surface area contributed by atoms with E-state index in [0.717, 1.165) is 18.4 Å². The van der Waals surface area contributed by atoms with Crippen LogP contribution in [0.1, 0.15) is 38.4 Å². The summed E-state index contributed by atoms with van der Waals surface area (Å²) in [6, 6.07) is 9.55. The van der Waals surface area contributed by atoms with Gasteiger partial charge in [-0.3, -0.25) is 0 Å². The molecule has 1 aromatic carbocycles. The fraction of sp³-hybridized carbons (Fsp3) is 0.538. The van der Waals surface area contributed by atoms with Crippen molar-refractivity contribution in [3.05, 3.63) is 35.9 Å². The summed E-state index contributed by atoms with van der Waals surface area (Å²) in [6.07, 6.45) is 0.963. The summed E-state index contributed by atoms with van der Waals surface area (Å²) in [5, 5.41) is 19.7. The van der Waals surface area contributed by atoms with Gasteiger partial charge in [0.25, 0.3) is 0 Å². The number of aliphatic hydroxyl groups excluding tert-OH is 2. The van der Waals surface area contributed by atoms with Crippen molar-refractivity contribution in [2.45, 2.75) is 32.8 Å². The first-order valence-electron chi connectivity index (χ1n) is 5.54. The van der Waals surface area contributed by atoms with Crippen molar-refractivity contribution in [2.75, 3.05) is 6.61 Å². The molecular weight excluding hydrogens is 188 g/mol. The van der Waals surface area contributed by atoms with Crippen molar-refractivity contribution in [2.24, 2.45) is 5.41 Å². The minimum Gasteiger partial charge on any atom is -0.396 e. The molecule has 0 heterocycles. The molecular formula is C13H20O2. The molecule has 0 saturated heterocycles. The zero-order valence-corrected chi connectivity index (χ0v) is 9.48. The Labute approximate surface area is 91.6 Å². The number of aliphatic hydroxyl groups is 2. The predicted molar refractivity (Wildman–Crippen MR) is 61.5 cm³/mol. The number of benzene rings is 1. The Bertz CT molecular complexity index is 270. The summed E-state index contributed by atoms with van der Waals surface area (Å²) in [7, 11) is 0. The quantitative estimate of drug-likeness (QED) is 0.780. The molecule has 1 unspecified atom stereocenters. The highest BCUT2D eigenvalue weighted by Crippen LogP contribution is 2.39. The van der Waals surface area contributed by atoms with E-state index in [1.165, 1.54) is 0 Å². The Kier molecular flexibility index (Phi) is 4.30. The summed E-state index contributed by atoms with van der Waals surface area (Å²) in [5.41, 5.74) is 0.483. The Morgan fingerprint density at radius 1 is 1.13 bits per heavy atom. The lowest BCUT2D eigenvalue weighted by Crippen LogP contribution is -2.31. The van der Waals surface area contributed by atoms with Crippen LogP contribution in [0.15, 0.2) is 30.3 Å². The van der Waals surface area contributed by atoms with Gasteiger partial charge in [-0.05, 0) is 18.4 Å². The van der Waals surface area contributed by atoms with Crippen LogP contribution in [0.5, 0.6) is 0 Å². The zero-order valence-electron chi connectivity index (χ0n) is 9.48. The average molecular weight is 208 g/mol. The molecule has 0 saturated carbocycles. The van der Waals surface area contributed by atoms with Crippen LogP contribution in [0.4, 0.5) is 0 Å². The van der Waals surface area contributed by atoms with Crippen molar-refractivity contribution in [1.29, 1.82) is 0 Å². The SMILES string of the molecule is CCC(CC)(CO)C(O)c1ccccc1. The predicted octanol–water partition coefficient (Wildman–Crippen LogP) is 2.52. The van der Waals surface area contributed by atoms with Crippen molar-refractivity contribution in [3.63, 3.8) is 0 Å². The summed E-state index contributed by atoms with van der Waals surface area (Å²) in [5.74, 6) is 0. The largest absolute Gasteiger partial charge is 0.396 e. The van der Waals surface area contributed by atoms with Crippen molar-refractivity contribution >= 4 is 0 Å². The summed E-state index contributed by atoms with van der Waals surface area (Å²) in [4.78, 5) is 0. The molecule has 0 aliphatic rings. The molecule has 84 valence electrons. The van der Waals surface area contributed by atoms with Gasteiger partial charge in [0.1, 0.15) is 0 Å². The standard InChI is InChI=1S/C13H20O2/c1-3-13(4-2,10-14)12(15)11-8-6-5-7-9-11/h5-9,12,14-15H,3-4,10H2,1-2H3. The summed E-state index contributed by atoms with van der Waals surface area (Å²) in [6.45, 7) is 4.04. The van der Waals surface area contributed by atoms with Crippen LogP contribution in [-0.2, 0) is 0 Å². The number of hydrogen-bond acceptors (Lipinski definition) is 2. The van der Waals surface area contributed by atoms with Gasteiger partial charge in [0.05, 0.1) is 12.7 Å². The van der Waals surface area contributed by atoms with Gasteiger partial charge in [-0.2, -0.15) is 0 Å². The Morgan fingerprint density at radius 2 is 1.67 bits per heavy atom. The third kappa shape index (κ3) is 2.39. The van der Waals surface area contributed by atoms with E-state index in [9.17, 15) is 10.2 Å². The smallest absolute Gasteiger partial charge is 0.0867 e. The first-order chi connectivity index (χ1) is 7.20. The van der Waals surface area contributed by atoms with Gasteiger partial charge < -0.3 is 10.2 Å². The highest BCUT2D eigenvalue weighted by Gasteiger charge is 2.34. The van der Waals surface area contributed by atoms with E-state index in [2.05, 4.69) is 0 Å². The first-order valence-corrected chi connectivity index (χ1v) is 5.54. The molecule has 0 aromatic heterocycles. The lowest BCUT2D eigenvalue weighted by Gasteiger charge is -2.34. The molecule has 0 fully saturated rings. The average Bonchev–Trinajstić information content (AvgIpc) is 2.33. The van der Waals surface area contributed by atoms with E-state index >= 15 is 0 Å². The van der Waals surface area contributed by atoms with Crippen LogP contribution < -0.4 is 0 Å². The van der Waals surface area contributed by atoms with E-state index in [1.807, 2.05) is 44.2 Å². The van der Waals surface area contributed by atoms with Crippen molar-refractivity contribution < 1.29 is 10.2 Å². The van der Waals surface area contributed by atoms with Crippen LogP contribution in [0.25, 0.3) is 0 Å². The Balaban J connectivity index is 2.95. The second-order valence-corrected chi connectivity index (χ2v) is 4.04. The van der Waals surface area contributed by atoms with Gasteiger partial charge in [-0.25, -0.2) is 0 Å². The highest BCUT2D eigenvalue weighted by molar-refractivity contribution is 5.19. The molecule has 2 N–H and O–H groups in total. The van der Waals surface area contributed by atoms with Gasteiger partial charge >= 0.3 is 0 Å². The van der Waals surface area contributed by atoms with Crippen LogP contribution >= 0.6 is 0 Å². The third-order valence-corrected chi connectivity index (χ3v) is 3.42. The molecule has 0 amide bonds. The van der Waals surface area contributed by atoms with Gasteiger partial charge in [-0.15, -0.1) is 0 Å². The molecule has 0 bridgehead atoms. The number of rotatable bonds is 5. The Hall–Kier alpha value is -0.860. The monoisotopic (exact) mass is 208 g/mol. The van der Waals surface area contributed by atoms with Crippen LogP contribution in [0.3, 0.4) is 0 Å². The normalized spacial score (nSPS) is 13.9. The topological polar surface area (TPSA) is 40.5 Å². The van der Waals surface area contributed by atoms with E-state index in [4.69, 9.17) is 0 Å². The van der Waals surface area contributed by atoms with Crippen molar-refractivity contribution in [1.82, 2.24) is 0 Å². The van der Waals surface area contributed by atoms with Crippen LogP contribution in [0.2, 0.25) is 0 Å². The van der Waals surface area contributed by atoms with Gasteiger partial charge in [0, 0.05) is 5.41 Å². The highest BCUT2D eigenvalue weighted by atomic mass is 16.3. The lowest BCUT2D eigenvalue weighted by molar-refractivity contribution is -0.0257. The molecule has 1 rings (SSSR count). The van der Waals surface area contributed by atoms with E-state index in [0.29, 0.717) is 0 Å². The maximum absolute atomic E-state index is 10.3. The van der Waals surface area contributed by atoms with Gasteiger partial charge in [-0.1, -0.05) is 44.2 Å². The second-order valence-electron chi connectivity index (χ2n) is 4.04. The van der Waals surface area contributed by atoms with E-state index in [1.54, 1.807) is 0 Å². The zero-order chi connectivity index (χ0) is 11.3. The molecule has 1 aromatic rings. The molecule has 15 heavy (non-hydrogen) atoms. The second kappa shape index (κ2) is 5.29. The van der Waals surface area contributed by atoms with Crippen LogP contribution in [-0.4, -0.2) is 16.8 Å². The summed E-state index contributed by atoms with van der Waals surface area (Å²) < 4.78 is 0. The van der Waals surface area contributed by atoms with Gasteiger partial charge in [0.2, 0.25) is 0 Å². The molecule has 2 heteroatoms. The van der Waals surface area contributed by atoms with Crippen molar-refractivity contribution in [3.8, 4) is 0 Å². The van der Waals surface area contributed by atoms with E-state index < -0.39 is 11.5 Å². The van der Waals surface area contributed by atoms with Gasteiger partial charge in [0.15, 0.2) is 0 Å². The first kappa shape index (κ1) is 12.2. The fourth-order valence-electron chi connectivity index (χ4n) is 1.94. The third-order valence-electron chi connectivity index (χ3n) is 3.42. The number of hydrogen-bond donors (Lipinski definition) is 2. The maximum Gasteiger partial charge on any atom is 0.0867 e. The fourth-order valence-corrected chi connectivity index (χ4v) is 1.94. The maximum atomic E-state index is 10.3. The minimum atomic E-state index is -0.585. The molecule has 1 atom stereocenters. The molecule has 0 aliphatic heterocycles. The van der Waals surface area contributed by atoms with E-state index in [-0.39, 0.29) is 6.61 Å².